The number of nitrogens with two attached hydrogens (primary N) is 1. The van der Waals surface area contributed by atoms with Gasteiger partial charge in [0.25, 0.3) is 0 Å². The molecule has 0 amide bonds. The summed E-state index contributed by atoms with van der Waals surface area (Å²) in [5.41, 5.74) is 4.95. The molecule has 0 bridgehead atoms. The number of nitrogen functional groups attached to an aromatic ring is 1. The van der Waals surface area contributed by atoms with Gasteiger partial charge in [0.1, 0.15) is 10.7 Å². The monoisotopic (exact) mass is 290 g/mol. The minimum absolute atomic E-state index is 0.0451. The van der Waals surface area contributed by atoms with Crippen molar-refractivity contribution in [1.82, 2.24) is 4.72 Å². The van der Waals surface area contributed by atoms with Crippen molar-refractivity contribution in [3.8, 4) is 0 Å². The summed E-state index contributed by atoms with van der Waals surface area (Å²) in [5, 5.41) is 8.88. The summed E-state index contributed by atoms with van der Waals surface area (Å²) >= 11 is 0. The van der Waals surface area contributed by atoms with Crippen molar-refractivity contribution in [3.63, 3.8) is 0 Å². The summed E-state index contributed by atoms with van der Waals surface area (Å²) in [6, 6.07) is 3.72. The van der Waals surface area contributed by atoms with E-state index < -0.39 is 26.2 Å². The molecule has 19 heavy (non-hydrogen) atoms. The lowest BCUT2D eigenvalue weighted by atomic mass is 9.90. The Hall–Kier alpha value is -1.18. The smallest absolute Gasteiger partial charge is 0.245 e. The topological polar surface area (TPSA) is 92.4 Å². The van der Waals surface area contributed by atoms with Gasteiger partial charge in [-0.1, -0.05) is 19.9 Å². The highest BCUT2D eigenvalue weighted by Gasteiger charge is 2.25. The number of benzene rings is 1. The van der Waals surface area contributed by atoms with Crippen molar-refractivity contribution in [2.75, 3.05) is 18.9 Å². The lowest BCUT2D eigenvalue weighted by Gasteiger charge is -2.24. The fraction of sp³-hybridized carbons (Fsp3) is 0.500. The van der Waals surface area contributed by atoms with E-state index in [1.807, 2.05) is 0 Å². The molecule has 0 saturated carbocycles. The van der Waals surface area contributed by atoms with E-state index in [0.717, 1.165) is 6.07 Å². The maximum Gasteiger partial charge on any atom is 0.245 e. The minimum Gasteiger partial charge on any atom is -0.398 e. The molecule has 1 rings (SSSR count). The molecule has 0 aliphatic carbocycles. The molecule has 5 nitrogen and oxygen atoms in total. The van der Waals surface area contributed by atoms with Gasteiger partial charge in [-0.05, 0) is 24.0 Å². The van der Waals surface area contributed by atoms with E-state index in [4.69, 9.17) is 10.8 Å². The zero-order chi connectivity index (χ0) is 14.7. The lowest BCUT2D eigenvalue weighted by Crippen LogP contribution is -2.35. The number of rotatable bonds is 6. The molecule has 0 aromatic heterocycles. The van der Waals surface area contributed by atoms with Crippen molar-refractivity contribution < 1.29 is 17.9 Å². The molecule has 0 saturated heterocycles. The molecule has 0 heterocycles. The van der Waals surface area contributed by atoms with Gasteiger partial charge in [-0.25, -0.2) is 17.5 Å². The van der Waals surface area contributed by atoms with Crippen LogP contribution in [0.4, 0.5) is 10.1 Å². The van der Waals surface area contributed by atoms with E-state index in [1.54, 1.807) is 13.8 Å². The van der Waals surface area contributed by atoms with Crippen molar-refractivity contribution in [1.29, 1.82) is 0 Å². The van der Waals surface area contributed by atoms with E-state index >= 15 is 0 Å². The standard InChI is InChI=1S/C12H19FN2O3S/c1-12(2,6-7-16)8-15-19(17,18)11-9(13)4-3-5-10(11)14/h3-5,15-16H,6-8,14H2,1-2H3. The average Bonchev–Trinajstić information content (AvgIpc) is 2.26. The van der Waals surface area contributed by atoms with Crippen LogP contribution >= 0.6 is 0 Å². The average molecular weight is 290 g/mol. The zero-order valence-corrected chi connectivity index (χ0v) is 11.8. The van der Waals surface area contributed by atoms with Crippen LogP contribution in [0.15, 0.2) is 23.1 Å². The molecule has 0 atom stereocenters. The first-order valence-corrected chi connectivity index (χ1v) is 7.32. The Balaban J connectivity index is 2.94. The van der Waals surface area contributed by atoms with Crippen LogP contribution in [0.3, 0.4) is 0 Å². The van der Waals surface area contributed by atoms with Crippen LogP contribution < -0.4 is 10.5 Å². The Morgan fingerprint density at radius 2 is 2.05 bits per heavy atom. The Bertz CT molecular complexity index is 524. The molecule has 108 valence electrons. The van der Waals surface area contributed by atoms with E-state index in [-0.39, 0.29) is 18.8 Å². The second kappa shape index (κ2) is 5.85. The second-order valence-electron chi connectivity index (χ2n) is 5.12. The van der Waals surface area contributed by atoms with E-state index in [1.165, 1.54) is 12.1 Å². The molecule has 0 aliphatic heterocycles. The molecule has 1 aromatic carbocycles. The number of hydrogen-bond acceptors (Lipinski definition) is 4. The fourth-order valence-electron chi connectivity index (χ4n) is 1.56. The number of aliphatic hydroxyl groups is 1. The predicted octanol–water partition coefficient (Wildman–Crippen LogP) is 1.09. The maximum absolute atomic E-state index is 13.6. The third-order valence-corrected chi connectivity index (χ3v) is 4.29. The van der Waals surface area contributed by atoms with Gasteiger partial charge in [-0.3, -0.25) is 0 Å². The first kappa shape index (κ1) is 15.9. The highest BCUT2D eigenvalue weighted by Crippen LogP contribution is 2.23. The Morgan fingerprint density at radius 3 is 2.58 bits per heavy atom. The molecule has 0 aliphatic rings. The van der Waals surface area contributed by atoms with Crippen LogP contribution in [0.25, 0.3) is 0 Å². The van der Waals surface area contributed by atoms with Crippen LogP contribution in [-0.4, -0.2) is 26.7 Å². The largest absolute Gasteiger partial charge is 0.398 e. The number of sulfonamides is 1. The van der Waals surface area contributed by atoms with Gasteiger partial charge < -0.3 is 10.8 Å². The molecule has 0 radical (unpaired) electrons. The third kappa shape index (κ3) is 4.15. The molecule has 4 N–H and O–H groups in total. The maximum atomic E-state index is 13.6. The zero-order valence-electron chi connectivity index (χ0n) is 11.0. The van der Waals surface area contributed by atoms with Gasteiger partial charge in [0.05, 0.1) is 5.69 Å². The summed E-state index contributed by atoms with van der Waals surface area (Å²) in [4.78, 5) is -0.533. The van der Waals surface area contributed by atoms with Gasteiger partial charge in [-0.15, -0.1) is 0 Å². The second-order valence-corrected chi connectivity index (χ2v) is 6.82. The van der Waals surface area contributed by atoms with Crippen molar-refractivity contribution in [2.24, 2.45) is 5.41 Å². The van der Waals surface area contributed by atoms with Crippen molar-refractivity contribution in [2.45, 2.75) is 25.2 Å². The molecular weight excluding hydrogens is 271 g/mol. The summed E-state index contributed by atoms with van der Waals surface area (Å²) in [6.07, 6.45) is 0.433. The molecular formula is C12H19FN2O3S. The van der Waals surface area contributed by atoms with Crippen LogP contribution in [0.5, 0.6) is 0 Å². The van der Waals surface area contributed by atoms with Gasteiger partial charge in [0.15, 0.2) is 0 Å². The molecule has 0 spiro atoms. The first-order valence-electron chi connectivity index (χ1n) is 5.84. The van der Waals surface area contributed by atoms with Crippen LogP contribution in [0.1, 0.15) is 20.3 Å². The first-order chi connectivity index (χ1) is 8.69. The fourth-order valence-corrected chi connectivity index (χ4v) is 2.99. The SMILES string of the molecule is CC(C)(CCO)CNS(=O)(=O)c1c(N)cccc1F. The van der Waals surface area contributed by atoms with Gasteiger partial charge >= 0.3 is 0 Å². The van der Waals surface area contributed by atoms with Gasteiger partial charge in [-0.2, -0.15) is 0 Å². The summed E-state index contributed by atoms with van der Waals surface area (Å²) in [7, 11) is -4.00. The molecule has 1 aromatic rings. The van der Waals surface area contributed by atoms with Crippen molar-refractivity contribution >= 4 is 15.7 Å². The molecule has 7 heteroatoms. The third-order valence-electron chi connectivity index (χ3n) is 2.80. The quantitative estimate of drug-likeness (QED) is 0.684. The lowest BCUT2D eigenvalue weighted by molar-refractivity contribution is 0.213. The van der Waals surface area contributed by atoms with Crippen molar-refractivity contribution in [3.05, 3.63) is 24.0 Å². The van der Waals surface area contributed by atoms with Gasteiger partial charge in [0.2, 0.25) is 10.0 Å². The minimum atomic E-state index is -4.00. The van der Waals surface area contributed by atoms with Crippen LogP contribution in [0, 0.1) is 11.2 Å². The van der Waals surface area contributed by atoms with Crippen LogP contribution in [0.2, 0.25) is 0 Å². The number of hydrogen-bond donors (Lipinski definition) is 3. The molecule has 0 unspecified atom stereocenters. The predicted molar refractivity (Wildman–Crippen MR) is 71.5 cm³/mol. The normalized spacial score (nSPS) is 12.6. The molecule has 0 fully saturated rings. The number of anilines is 1. The highest BCUT2D eigenvalue weighted by molar-refractivity contribution is 7.89. The number of nitrogens with one attached hydrogen (secondary N) is 1. The summed E-state index contributed by atoms with van der Waals surface area (Å²) < 4.78 is 40.0. The van der Waals surface area contributed by atoms with Gasteiger partial charge in [0, 0.05) is 13.2 Å². The Kier molecular flexibility index (Phi) is 4.89. The Labute approximate surface area is 112 Å². The van der Waals surface area contributed by atoms with E-state index in [0.29, 0.717) is 6.42 Å². The summed E-state index contributed by atoms with van der Waals surface area (Å²) in [5.74, 6) is -0.882. The summed E-state index contributed by atoms with van der Waals surface area (Å²) in [6.45, 7) is 3.65. The highest BCUT2D eigenvalue weighted by atomic mass is 32.2. The van der Waals surface area contributed by atoms with E-state index in [9.17, 15) is 12.8 Å². The van der Waals surface area contributed by atoms with Crippen LogP contribution in [-0.2, 0) is 10.0 Å². The Morgan fingerprint density at radius 1 is 1.42 bits per heavy atom. The number of halogens is 1. The van der Waals surface area contributed by atoms with E-state index in [2.05, 4.69) is 4.72 Å². The number of aliphatic hydroxyl groups excluding tert-OH is 1.